The first kappa shape index (κ1) is 29.4. The van der Waals surface area contributed by atoms with Gasteiger partial charge >= 0.3 is 0 Å². The predicted octanol–water partition coefficient (Wildman–Crippen LogP) is 4.31. The number of hydrogen-bond donors (Lipinski definition) is 1. The molecule has 2 aromatic rings. The molecule has 2 amide bonds. The quantitative estimate of drug-likeness (QED) is 0.456. The van der Waals surface area contributed by atoms with E-state index in [4.69, 9.17) is 0 Å². The number of anilines is 1. The Morgan fingerprint density at radius 1 is 0.972 bits per heavy atom. The van der Waals surface area contributed by atoms with E-state index in [1.54, 1.807) is 17.0 Å². The zero-order chi connectivity index (χ0) is 26.9. The lowest BCUT2D eigenvalue weighted by Gasteiger charge is -2.33. The summed E-state index contributed by atoms with van der Waals surface area (Å²) in [6.07, 6.45) is 2.78. The van der Waals surface area contributed by atoms with Gasteiger partial charge in [-0.05, 0) is 64.7 Å². The largest absolute Gasteiger partial charge is 0.350 e. The molecule has 0 saturated heterocycles. The zero-order valence-corrected chi connectivity index (χ0v) is 23.3. The molecule has 1 N–H and O–H groups in total. The van der Waals surface area contributed by atoms with Gasteiger partial charge in [-0.25, -0.2) is 8.42 Å². The third-order valence-corrected chi connectivity index (χ3v) is 7.04. The lowest BCUT2D eigenvalue weighted by atomic mass is 10.0. The summed E-state index contributed by atoms with van der Waals surface area (Å²) in [5, 5.41) is 3.00. The number of aryl methyl sites for hydroxylation is 1. The van der Waals surface area contributed by atoms with Crippen LogP contribution < -0.4 is 9.62 Å². The van der Waals surface area contributed by atoms with Gasteiger partial charge in [0.05, 0.1) is 11.9 Å². The molecular weight excluding hydrogens is 474 g/mol. The number of carbonyl (C=O) groups excluding carboxylic acids is 2. The number of amides is 2. The maximum absolute atomic E-state index is 13.4. The number of rotatable bonds is 12. The Balaban J connectivity index is 2.17. The standard InChI is InChI=1S/C28H41N3O4S/c1-7-25(27(33)29-28(3,4)5)30(21-19-23-12-9-8-10-13-23)26(32)14-11-20-31(36(6,34)35)24-17-15-22(2)16-18-24/h8-10,12-13,15-18,25H,7,11,14,19-21H2,1-6H3,(H,29,33)/t25-/m1/s1. The molecular formula is C28H41N3O4S. The van der Waals surface area contributed by atoms with E-state index < -0.39 is 21.6 Å². The van der Waals surface area contributed by atoms with Crippen LogP contribution in [0.25, 0.3) is 0 Å². The molecule has 0 saturated carbocycles. The fourth-order valence-electron chi connectivity index (χ4n) is 4.06. The SMILES string of the molecule is CC[C@H](C(=O)NC(C)(C)C)N(CCc1ccccc1)C(=O)CCCN(c1ccc(C)cc1)S(C)(=O)=O. The van der Waals surface area contributed by atoms with Crippen LogP contribution in [0.3, 0.4) is 0 Å². The van der Waals surface area contributed by atoms with Gasteiger partial charge in [-0.15, -0.1) is 0 Å². The van der Waals surface area contributed by atoms with Crippen LogP contribution in [0.2, 0.25) is 0 Å². The number of carbonyl (C=O) groups is 2. The van der Waals surface area contributed by atoms with Gasteiger partial charge in [-0.3, -0.25) is 13.9 Å². The number of nitrogens with one attached hydrogen (secondary N) is 1. The van der Waals surface area contributed by atoms with Crippen molar-refractivity contribution in [2.45, 2.75) is 71.9 Å². The third kappa shape index (κ3) is 9.30. The normalized spacial score (nSPS) is 12.6. The molecule has 8 heteroatoms. The van der Waals surface area contributed by atoms with Gasteiger partial charge in [-0.2, -0.15) is 0 Å². The van der Waals surface area contributed by atoms with E-state index in [0.29, 0.717) is 31.5 Å². The van der Waals surface area contributed by atoms with Crippen molar-refractivity contribution in [1.82, 2.24) is 10.2 Å². The van der Waals surface area contributed by atoms with Crippen molar-refractivity contribution in [1.29, 1.82) is 0 Å². The lowest BCUT2D eigenvalue weighted by Crippen LogP contribution is -2.54. The Labute approximate surface area is 216 Å². The van der Waals surface area contributed by atoms with Gasteiger partial charge in [0.15, 0.2) is 0 Å². The van der Waals surface area contributed by atoms with Crippen molar-refractivity contribution in [2.24, 2.45) is 0 Å². The summed E-state index contributed by atoms with van der Waals surface area (Å²) in [6, 6.07) is 16.5. The van der Waals surface area contributed by atoms with Crippen LogP contribution in [0.15, 0.2) is 54.6 Å². The van der Waals surface area contributed by atoms with Crippen LogP contribution in [0, 0.1) is 6.92 Å². The summed E-state index contributed by atoms with van der Waals surface area (Å²) >= 11 is 0. The Bertz CT molecular complexity index is 1090. The first-order chi connectivity index (χ1) is 16.8. The Morgan fingerprint density at radius 2 is 1.58 bits per heavy atom. The highest BCUT2D eigenvalue weighted by Crippen LogP contribution is 2.20. The molecule has 1 atom stereocenters. The average Bonchev–Trinajstić information content (AvgIpc) is 2.78. The van der Waals surface area contributed by atoms with Crippen molar-refractivity contribution < 1.29 is 18.0 Å². The zero-order valence-electron chi connectivity index (χ0n) is 22.5. The summed E-state index contributed by atoms with van der Waals surface area (Å²) in [5.74, 6) is -0.331. The molecule has 0 heterocycles. The van der Waals surface area contributed by atoms with Gasteiger partial charge in [0.2, 0.25) is 21.8 Å². The van der Waals surface area contributed by atoms with Crippen LogP contribution in [0.5, 0.6) is 0 Å². The summed E-state index contributed by atoms with van der Waals surface area (Å²) in [6.45, 7) is 10.2. The Kier molecular flexibility index (Phi) is 10.5. The highest BCUT2D eigenvalue weighted by atomic mass is 32.2. The molecule has 0 fully saturated rings. The van der Waals surface area contributed by atoms with Crippen molar-refractivity contribution in [3.05, 3.63) is 65.7 Å². The summed E-state index contributed by atoms with van der Waals surface area (Å²) in [4.78, 5) is 28.2. The third-order valence-electron chi connectivity index (χ3n) is 5.84. The van der Waals surface area contributed by atoms with Crippen LogP contribution in [-0.2, 0) is 26.0 Å². The van der Waals surface area contributed by atoms with E-state index in [9.17, 15) is 18.0 Å². The van der Waals surface area contributed by atoms with Crippen molar-refractivity contribution >= 4 is 27.5 Å². The number of hydrogen-bond acceptors (Lipinski definition) is 4. The van der Waals surface area contributed by atoms with Crippen LogP contribution in [0.4, 0.5) is 5.69 Å². The Morgan fingerprint density at radius 3 is 2.11 bits per heavy atom. The van der Waals surface area contributed by atoms with E-state index in [1.165, 1.54) is 10.6 Å². The number of nitrogens with zero attached hydrogens (tertiary/aromatic N) is 2. The van der Waals surface area contributed by atoms with E-state index in [0.717, 1.165) is 11.1 Å². The van der Waals surface area contributed by atoms with Crippen molar-refractivity contribution in [2.75, 3.05) is 23.7 Å². The molecule has 198 valence electrons. The molecule has 0 unspecified atom stereocenters. The van der Waals surface area contributed by atoms with Crippen LogP contribution >= 0.6 is 0 Å². The molecule has 7 nitrogen and oxygen atoms in total. The highest BCUT2D eigenvalue weighted by molar-refractivity contribution is 7.92. The van der Waals surface area contributed by atoms with Gasteiger partial charge in [0.25, 0.3) is 0 Å². The molecule has 0 aliphatic carbocycles. The maximum Gasteiger partial charge on any atom is 0.243 e. The summed E-state index contributed by atoms with van der Waals surface area (Å²) in [5.41, 5.74) is 2.29. The molecule has 0 bridgehead atoms. The molecule has 0 aromatic heterocycles. The van der Waals surface area contributed by atoms with Gasteiger partial charge < -0.3 is 10.2 Å². The summed E-state index contributed by atoms with van der Waals surface area (Å²) < 4.78 is 26.2. The van der Waals surface area contributed by atoms with Gasteiger partial charge in [0.1, 0.15) is 6.04 Å². The minimum absolute atomic E-state index is 0.145. The fourth-order valence-corrected chi connectivity index (χ4v) is 5.03. The molecule has 0 aliphatic rings. The van der Waals surface area contributed by atoms with E-state index in [2.05, 4.69) is 5.32 Å². The fraction of sp³-hybridized carbons (Fsp3) is 0.500. The monoisotopic (exact) mass is 515 g/mol. The van der Waals surface area contributed by atoms with Crippen molar-refractivity contribution in [3.63, 3.8) is 0 Å². The second kappa shape index (κ2) is 12.9. The molecule has 2 rings (SSSR count). The van der Waals surface area contributed by atoms with E-state index >= 15 is 0 Å². The van der Waals surface area contributed by atoms with Gasteiger partial charge in [0, 0.05) is 25.0 Å². The minimum Gasteiger partial charge on any atom is -0.350 e. The van der Waals surface area contributed by atoms with Gasteiger partial charge in [-0.1, -0.05) is 55.0 Å². The second-order valence-corrected chi connectivity index (χ2v) is 12.2. The first-order valence-electron chi connectivity index (χ1n) is 12.5. The van der Waals surface area contributed by atoms with E-state index in [1.807, 2.05) is 77.1 Å². The number of benzene rings is 2. The second-order valence-electron chi connectivity index (χ2n) is 10.3. The predicted molar refractivity (Wildman–Crippen MR) is 146 cm³/mol. The number of sulfonamides is 1. The minimum atomic E-state index is -3.51. The first-order valence-corrected chi connectivity index (χ1v) is 14.4. The van der Waals surface area contributed by atoms with E-state index in [-0.39, 0.29) is 24.8 Å². The molecule has 0 spiro atoms. The highest BCUT2D eigenvalue weighted by Gasteiger charge is 2.30. The topological polar surface area (TPSA) is 86.8 Å². The summed E-state index contributed by atoms with van der Waals surface area (Å²) in [7, 11) is -3.51. The molecule has 0 radical (unpaired) electrons. The van der Waals surface area contributed by atoms with Crippen molar-refractivity contribution in [3.8, 4) is 0 Å². The van der Waals surface area contributed by atoms with Crippen LogP contribution in [0.1, 0.15) is 58.1 Å². The smallest absolute Gasteiger partial charge is 0.243 e. The van der Waals surface area contributed by atoms with Crippen LogP contribution in [-0.4, -0.2) is 56.1 Å². The molecule has 36 heavy (non-hydrogen) atoms. The molecule has 0 aliphatic heterocycles. The lowest BCUT2D eigenvalue weighted by molar-refractivity contribution is -0.141. The average molecular weight is 516 g/mol. The molecule has 2 aromatic carbocycles. The maximum atomic E-state index is 13.4. The Hall–Kier alpha value is -2.87.